The van der Waals surface area contributed by atoms with E-state index in [0.717, 1.165) is 9.80 Å². The molecule has 0 unspecified atom stereocenters. The number of amides is 4. The van der Waals surface area contributed by atoms with Crippen LogP contribution in [0.5, 0.6) is 0 Å². The van der Waals surface area contributed by atoms with E-state index < -0.39 is 35.5 Å². The van der Waals surface area contributed by atoms with E-state index >= 15 is 0 Å². The summed E-state index contributed by atoms with van der Waals surface area (Å²) in [6, 6.07) is 0. The van der Waals surface area contributed by atoms with E-state index in [1.807, 2.05) is 0 Å². The summed E-state index contributed by atoms with van der Waals surface area (Å²) in [7, 11) is 0. The summed E-state index contributed by atoms with van der Waals surface area (Å²) in [6.07, 6.45) is 3.57. The number of rotatable bonds is 4. The molecule has 3 aliphatic carbocycles. The van der Waals surface area contributed by atoms with E-state index in [1.54, 1.807) is 12.2 Å². The Labute approximate surface area is 137 Å². The predicted molar refractivity (Wildman–Crippen MR) is 77.7 cm³/mol. The molecule has 0 aromatic rings. The zero-order valence-corrected chi connectivity index (χ0v) is 12.9. The summed E-state index contributed by atoms with van der Waals surface area (Å²) in [5, 5.41) is 18.2. The van der Waals surface area contributed by atoms with Crippen LogP contribution in [0.2, 0.25) is 0 Å². The van der Waals surface area contributed by atoms with Crippen LogP contribution in [0, 0.1) is 35.5 Å². The molecule has 2 aliphatic heterocycles. The lowest BCUT2D eigenvalue weighted by Gasteiger charge is -2.44. The molecule has 4 amide bonds. The number of imide groups is 2. The molecule has 8 nitrogen and oxygen atoms in total. The highest BCUT2D eigenvalue weighted by Gasteiger charge is 2.68. The van der Waals surface area contributed by atoms with Gasteiger partial charge in [-0.25, -0.2) is 0 Å². The molecule has 2 saturated heterocycles. The van der Waals surface area contributed by atoms with Crippen LogP contribution >= 0.6 is 0 Å². The van der Waals surface area contributed by atoms with Crippen LogP contribution in [0.25, 0.3) is 0 Å². The lowest BCUT2D eigenvalue weighted by Crippen LogP contribution is -2.50. The summed E-state index contributed by atoms with van der Waals surface area (Å²) < 4.78 is 0. The maximum atomic E-state index is 12.6. The van der Waals surface area contributed by atoms with Crippen molar-refractivity contribution in [3.8, 4) is 0 Å². The van der Waals surface area contributed by atoms with E-state index in [9.17, 15) is 19.2 Å². The molecule has 0 aromatic heterocycles. The van der Waals surface area contributed by atoms with E-state index in [1.165, 1.54) is 0 Å². The number of nitrogens with zero attached hydrogens (tertiary/aromatic N) is 2. The first-order valence-corrected chi connectivity index (χ1v) is 8.13. The number of β-amino-alcohol motifs (C(OH)–C–C–N with tert-alkyl or cyclic N) is 2. The second-order valence-corrected chi connectivity index (χ2v) is 6.75. The average molecular weight is 334 g/mol. The molecule has 8 heteroatoms. The zero-order chi connectivity index (χ0) is 17.2. The largest absolute Gasteiger partial charge is 0.395 e. The van der Waals surface area contributed by atoms with Crippen LogP contribution in [-0.2, 0) is 19.2 Å². The maximum Gasteiger partial charge on any atom is 0.233 e. The third kappa shape index (κ3) is 1.70. The summed E-state index contributed by atoms with van der Waals surface area (Å²) in [5.41, 5.74) is 0. The van der Waals surface area contributed by atoms with Crippen LogP contribution in [0.15, 0.2) is 12.2 Å². The molecule has 5 rings (SSSR count). The fourth-order valence-electron chi connectivity index (χ4n) is 4.99. The van der Waals surface area contributed by atoms with Crippen LogP contribution < -0.4 is 0 Å². The Balaban J connectivity index is 1.74. The molecule has 5 aliphatic rings. The molecular weight excluding hydrogens is 316 g/mol. The van der Waals surface area contributed by atoms with Crippen molar-refractivity contribution in [3.63, 3.8) is 0 Å². The summed E-state index contributed by atoms with van der Waals surface area (Å²) in [6.45, 7) is -0.737. The Morgan fingerprint density at radius 1 is 0.667 bits per heavy atom. The van der Waals surface area contributed by atoms with Gasteiger partial charge in [-0.3, -0.25) is 29.0 Å². The van der Waals surface area contributed by atoms with Crippen molar-refractivity contribution in [2.75, 3.05) is 26.3 Å². The average Bonchev–Trinajstić information content (AvgIpc) is 2.99. The van der Waals surface area contributed by atoms with E-state index in [0.29, 0.717) is 0 Å². The molecule has 0 radical (unpaired) electrons. The third-order valence-electron chi connectivity index (χ3n) is 5.84. The Hall–Kier alpha value is -2.06. The molecule has 24 heavy (non-hydrogen) atoms. The van der Waals surface area contributed by atoms with Gasteiger partial charge in [-0.1, -0.05) is 12.2 Å². The van der Waals surface area contributed by atoms with Gasteiger partial charge in [0, 0.05) is 11.8 Å². The molecule has 2 bridgehead atoms. The Bertz CT molecular complexity index is 573. The number of aliphatic hydroxyl groups is 2. The summed E-state index contributed by atoms with van der Waals surface area (Å²) >= 11 is 0. The molecule has 1 saturated carbocycles. The van der Waals surface area contributed by atoms with Crippen molar-refractivity contribution in [1.82, 2.24) is 9.80 Å². The van der Waals surface area contributed by atoms with Crippen molar-refractivity contribution < 1.29 is 29.4 Å². The Kier molecular flexibility index (Phi) is 3.36. The molecular formula is C16H18N2O6. The fourth-order valence-corrected chi connectivity index (χ4v) is 4.99. The summed E-state index contributed by atoms with van der Waals surface area (Å²) in [5.74, 6) is -4.95. The molecule has 0 spiro atoms. The zero-order valence-electron chi connectivity index (χ0n) is 12.9. The van der Waals surface area contributed by atoms with Crippen LogP contribution in [0.3, 0.4) is 0 Å². The van der Waals surface area contributed by atoms with Crippen LogP contribution in [-0.4, -0.2) is 69.9 Å². The number of hydrogen-bond donors (Lipinski definition) is 2. The van der Waals surface area contributed by atoms with Crippen LogP contribution in [0.4, 0.5) is 0 Å². The number of carbonyl (C=O) groups is 4. The predicted octanol–water partition coefficient (Wildman–Crippen LogP) is -2.01. The van der Waals surface area contributed by atoms with Gasteiger partial charge in [0.05, 0.1) is 50.0 Å². The number of hydrogen-bond acceptors (Lipinski definition) is 6. The first kappa shape index (κ1) is 15.5. The lowest BCUT2D eigenvalue weighted by atomic mass is 9.54. The first-order chi connectivity index (χ1) is 11.5. The van der Waals surface area contributed by atoms with Gasteiger partial charge in [-0.2, -0.15) is 0 Å². The third-order valence-corrected chi connectivity index (χ3v) is 5.84. The van der Waals surface area contributed by atoms with Crippen molar-refractivity contribution in [3.05, 3.63) is 12.2 Å². The molecule has 3 fully saturated rings. The molecule has 128 valence electrons. The Morgan fingerprint density at radius 3 is 1.21 bits per heavy atom. The molecule has 2 N–H and O–H groups in total. The topological polar surface area (TPSA) is 115 Å². The van der Waals surface area contributed by atoms with Gasteiger partial charge in [0.25, 0.3) is 0 Å². The fraction of sp³-hybridized carbons (Fsp3) is 0.625. The van der Waals surface area contributed by atoms with Crippen molar-refractivity contribution in [2.45, 2.75) is 0 Å². The normalized spacial score (nSPS) is 39.9. The standard InChI is InChI=1S/C16H18N2O6/c19-5-3-17-13(21)9-7-1-2-8(11(9)15(17)23)12-10(7)14(22)18(4-6-20)16(12)24/h1-2,7-12,19-20H,3-6H2/t7?,8?,9-,10-,11-,12-/m1/s1. The molecule has 4 atom stereocenters. The number of aliphatic hydroxyl groups excluding tert-OH is 2. The number of likely N-dealkylation sites (tertiary alicyclic amines) is 2. The highest BCUT2D eigenvalue weighted by atomic mass is 16.3. The van der Waals surface area contributed by atoms with Crippen LogP contribution in [0.1, 0.15) is 0 Å². The minimum Gasteiger partial charge on any atom is -0.395 e. The highest BCUT2D eigenvalue weighted by Crippen LogP contribution is 2.57. The van der Waals surface area contributed by atoms with Gasteiger partial charge in [-0.15, -0.1) is 0 Å². The monoisotopic (exact) mass is 334 g/mol. The van der Waals surface area contributed by atoms with Gasteiger partial charge in [0.2, 0.25) is 23.6 Å². The summed E-state index contributed by atoms with van der Waals surface area (Å²) in [4.78, 5) is 52.6. The van der Waals surface area contributed by atoms with E-state index in [-0.39, 0.29) is 49.9 Å². The first-order valence-electron chi connectivity index (χ1n) is 8.13. The SMILES string of the molecule is O=C1[C@@H]2C3C=CC([C@H]2C(=O)N1CCO)[C@H]1C(=O)N(CCO)C(=O)[C@H]31. The minimum atomic E-state index is -0.633. The lowest BCUT2D eigenvalue weighted by molar-refractivity contribution is -0.140. The molecule has 0 aromatic carbocycles. The van der Waals surface area contributed by atoms with Gasteiger partial charge < -0.3 is 10.2 Å². The smallest absolute Gasteiger partial charge is 0.233 e. The van der Waals surface area contributed by atoms with E-state index in [4.69, 9.17) is 10.2 Å². The number of carbonyl (C=O) groups excluding carboxylic acids is 4. The van der Waals surface area contributed by atoms with Gasteiger partial charge in [0.1, 0.15) is 0 Å². The minimum absolute atomic E-state index is 0.0576. The second-order valence-electron chi connectivity index (χ2n) is 6.75. The van der Waals surface area contributed by atoms with Gasteiger partial charge >= 0.3 is 0 Å². The maximum absolute atomic E-state index is 12.6. The van der Waals surface area contributed by atoms with Crippen molar-refractivity contribution in [2.24, 2.45) is 35.5 Å². The van der Waals surface area contributed by atoms with Crippen molar-refractivity contribution >= 4 is 23.6 Å². The quantitative estimate of drug-likeness (QED) is 0.453. The Morgan fingerprint density at radius 2 is 0.958 bits per heavy atom. The molecule has 2 heterocycles. The van der Waals surface area contributed by atoms with Crippen molar-refractivity contribution in [1.29, 1.82) is 0 Å². The second kappa shape index (κ2) is 5.22. The number of allylic oxidation sites excluding steroid dienone is 2. The van der Waals surface area contributed by atoms with Gasteiger partial charge in [0.15, 0.2) is 0 Å². The van der Waals surface area contributed by atoms with Gasteiger partial charge in [-0.05, 0) is 0 Å². The highest BCUT2D eigenvalue weighted by molar-refractivity contribution is 6.10. The van der Waals surface area contributed by atoms with E-state index in [2.05, 4.69) is 0 Å².